The van der Waals surface area contributed by atoms with E-state index in [4.69, 9.17) is 4.42 Å². The number of hydrogen-bond acceptors (Lipinski definition) is 2. The second-order valence-corrected chi connectivity index (χ2v) is 6.30. The Bertz CT molecular complexity index is 534. The topological polar surface area (TPSA) is 25.2 Å². The summed E-state index contributed by atoms with van der Waals surface area (Å²) in [5.41, 5.74) is 3.78. The van der Waals surface area contributed by atoms with Gasteiger partial charge < -0.3 is 9.73 Å². The van der Waals surface area contributed by atoms with E-state index in [-0.39, 0.29) is 5.54 Å². The third-order valence-electron chi connectivity index (χ3n) is 3.35. The Hall–Kier alpha value is -1.28. The molecule has 0 radical (unpaired) electrons. The van der Waals surface area contributed by atoms with Gasteiger partial charge in [-0.25, -0.2) is 0 Å². The van der Waals surface area contributed by atoms with E-state index in [1.807, 2.05) is 6.26 Å². The highest BCUT2D eigenvalue weighted by molar-refractivity contribution is 5.81. The molecular weight excluding hydrogens is 234 g/mol. The molecule has 0 atom stereocenters. The molecule has 0 aliphatic carbocycles. The molecule has 19 heavy (non-hydrogen) atoms. The van der Waals surface area contributed by atoms with Gasteiger partial charge in [-0.1, -0.05) is 19.4 Å². The van der Waals surface area contributed by atoms with Gasteiger partial charge in [-0.15, -0.1) is 0 Å². The maximum atomic E-state index is 5.63. The van der Waals surface area contributed by atoms with Crippen molar-refractivity contribution >= 4 is 11.0 Å². The molecule has 2 nitrogen and oxygen atoms in total. The molecule has 0 bridgehead atoms. The number of hydrogen-bond donors (Lipinski definition) is 1. The summed E-state index contributed by atoms with van der Waals surface area (Å²) in [6.07, 6.45) is 5.53. The molecular formula is C17H25NO. The Morgan fingerprint density at radius 3 is 2.68 bits per heavy atom. The molecule has 0 amide bonds. The van der Waals surface area contributed by atoms with Gasteiger partial charge in [0.15, 0.2) is 0 Å². The molecule has 1 heterocycles. The number of unbranched alkanes of at least 4 members (excludes halogenated alkanes) is 1. The molecule has 104 valence electrons. The van der Waals surface area contributed by atoms with Crippen LogP contribution in [0.3, 0.4) is 0 Å². The minimum atomic E-state index is 0.128. The highest BCUT2D eigenvalue weighted by Crippen LogP contribution is 2.23. The lowest BCUT2D eigenvalue weighted by molar-refractivity contribution is 0.423. The fourth-order valence-corrected chi connectivity index (χ4v) is 2.16. The van der Waals surface area contributed by atoms with Crippen LogP contribution in [0.4, 0.5) is 0 Å². The van der Waals surface area contributed by atoms with Gasteiger partial charge in [0.1, 0.15) is 5.58 Å². The van der Waals surface area contributed by atoms with Crippen LogP contribution in [0.1, 0.15) is 51.7 Å². The summed E-state index contributed by atoms with van der Waals surface area (Å²) >= 11 is 0. The fourth-order valence-electron chi connectivity index (χ4n) is 2.16. The smallest absolute Gasteiger partial charge is 0.134 e. The quantitative estimate of drug-likeness (QED) is 0.844. The first-order chi connectivity index (χ1) is 8.99. The molecule has 0 spiro atoms. The molecule has 0 fully saturated rings. The van der Waals surface area contributed by atoms with Crippen molar-refractivity contribution in [3.63, 3.8) is 0 Å². The summed E-state index contributed by atoms with van der Waals surface area (Å²) in [6.45, 7) is 9.63. The van der Waals surface area contributed by atoms with E-state index in [1.165, 1.54) is 29.4 Å². The van der Waals surface area contributed by atoms with Crippen LogP contribution in [0.5, 0.6) is 0 Å². The van der Waals surface area contributed by atoms with Crippen molar-refractivity contribution in [3.8, 4) is 0 Å². The molecule has 0 saturated carbocycles. The standard InChI is InChI=1S/C17H25NO/c1-5-6-7-13-8-9-16-15(10-13)14(12-19-16)11-18-17(2,3)4/h8-10,12,18H,5-7,11H2,1-4H3. The maximum Gasteiger partial charge on any atom is 0.134 e. The van der Waals surface area contributed by atoms with Crippen molar-refractivity contribution in [1.82, 2.24) is 5.32 Å². The number of fused-ring (bicyclic) bond motifs is 1. The van der Waals surface area contributed by atoms with Crippen LogP contribution in [0.15, 0.2) is 28.9 Å². The Kier molecular flexibility index (Phi) is 4.31. The van der Waals surface area contributed by atoms with Crippen LogP contribution in [-0.2, 0) is 13.0 Å². The molecule has 1 N–H and O–H groups in total. The maximum absolute atomic E-state index is 5.63. The zero-order valence-electron chi connectivity index (χ0n) is 12.5. The first-order valence-corrected chi connectivity index (χ1v) is 7.23. The monoisotopic (exact) mass is 259 g/mol. The van der Waals surface area contributed by atoms with Crippen LogP contribution >= 0.6 is 0 Å². The Labute approximate surface area is 116 Å². The average Bonchev–Trinajstić information content (AvgIpc) is 2.75. The number of nitrogens with one attached hydrogen (secondary N) is 1. The lowest BCUT2D eigenvalue weighted by Gasteiger charge is -2.20. The van der Waals surface area contributed by atoms with Crippen molar-refractivity contribution < 1.29 is 4.42 Å². The fraction of sp³-hybridized carbons (Fsp3) is 0.529. The molecule has 1 aromatic carbocycles. The van der Waals surface area contributed by atoms with E-state index < -0.39 is 0 Å². The number of rotatable bonds is 5. The Morgan fingerprint density at radius 1 is 1.21 bits per heavy atom. The Balaban J connectivity index is 2.19. The van der Waals surface area contributed by atoms with Gasteiger partial charge >= 0.3 is 0 Å². The molecule has 2 rings (SSSR count). The third kappa shape index (κ3) is 3.84. The molecule has 2 aromatic rings. The van der Waals surface area contributed by atoms with Crippen LogP contribution < -0.4 is 5.32 Å². The van der Waals surface area contributed by atoms with Gasteiger partial charge in [-0.2, -0.15) is 0 Å². The van der Waals surface area contributed by atoms with E-state index in [0.717, 1.165) is 18.5 Å². The molecule has 0 saturated heterocycles. The number of furan rings is 1. The van der Waals surface area contributed by atoms with Crippen LogP contribution in [0.25, 0.3) is 11.0 Å². The number of aryl methyl sites for hydroxylation is 1. The molecule has 0 unspecified atom stereocenters. The van der Waals surface area contributed by atoms with E-state index in [9.17, 15) is 0 Å². The zero-order valence-corrected chi connectivity index (χ0v) is 12.5. The van der Waals surface area contributed by atoms with Gasteiger partial charge in [-0.3, -0.25) is 0 Å². The van der Waals surface area contributed by atoms with Gasteiger partial charge in [0.05, 0.1) is 6.26 Å². The summed E-state index contributed by atoms with van der Waals surface area (Å²) in [7, 11) is 0. The lowest BCUT2D eigenvalue weighted by atomic mass is 10.0. The predicted molar refractivity (Wildman–Crippen MR) is 81.4 cm³/mol. The summed E-state index contributed by atoms with van der Waals surface area (Å²) in [5.74, 6) is 0. The summed E-state index contributed by atoms with van der Waals surface area (Å²) in [6, 6.07) is 6.57. The summed E-state index contributed by atoms with van der Waals surface area (Å²) in [4.78, 5) is 0. The van der Waals surface area contributed by atoms with E-state index in [2.05, 4.69) is 51.2 Å². The molecule has 0 aliphatic heterocycles. The number of benzene rings is 1. The molecule has 1 aromatic heterocycles. The second kappa shape index (κ2) is 5.79. The van der Waals surface area contributed by atoms with Gasteiger partial charge in [0.25, 0.3) is 0 Å². The SMILES string of the molecule is CCCCc1ccc2occ(CNC(C)(C)C)c2c1. The van der Waals surface area contributed by atoms with E-state index in [1.54, 1.807) is 0 Å². The normalized spacial score (nSPS) is 12.2. The van der Waals surface area contributed by atoms with Crippen molar-refractivity contribution in [2.45, 2.75) is 59.0 Å². The minimum absolute atomic E-state index is 0.128. The van der Waals surface area contributed by atoms with E-state index >= 15 is 0 Å². The first kappa shape index (κ1) is 14.1. The highest BCUT2D eigenvalue weighted by atomic mass is 16.3. The van der Waals surface area contributed by atoms with Crippen LogP contribution in [0, 0.1) is 0 Å². The molecule has 0 aliphatic rings. The van der Waals surface area contributed by atoms with Gasteiger partial charge in [0.2, 0.25) is 0 Å². The van der Waals surface area contributed by atoms with Crippen molar-refractivity contribution in [2.24, 2.45) is 0 Å². The van der Waals surface area contributed by atoms with Gasteiger partial charge in [0, 0.05) is 23.0 Å². The van der Waals surface area contributed by atoms with Crippen molar-refractivity contribution in [1.29, 1.82) is 0 Å². The molecule has 2 heteroatoms. The second-order valence-electron chi connectivity index (χ2n) is 6.30. The first-order valence-electron chi connectivity index (χ1n) is 7.23. The zero-order chi connectivity index (χ0) is 13.9. The van der Waals surface area contributed by atoms with Crippen molar-refractivity contribution in [2.75, 3.05) is 0 Å². The summed E-state index contributed by atoms with van der Waals surface area (Å²) in [5, 5.41) is 4.77. The lowest BCUT2D eigenvalue weighted by Crippen LogP contribution is -2.34. The third-order valence-corrected chi connectivity index (χ3v) is 3.35. The van der Waals surface area contributed by atoms with Crippen LogP contribution in [0.2, 0.25) is 0 Å². The minimum Gasteiger partial charge on any atom is -0.464 e. The largest absolute Gasteiger partial charge is 0.464 e. The van der Waals surface area contributed by atoms with Crippen LogP contribution in [-0.4, -0.2) is 5.54 Å². The Morgan fingerprint density at radius 2 is 2.00 bits per heavy atom. The van der Waals surface area contributed by atoms with E-state index in [0.29, 0.717) is 0 Å². The highest BCUT2D eigenvalue weighted by Gasteiger charge is 2.12. The summed E-state index contributed by atoms with van der Waals surface area (Å²) < 4.78 is 5.63. The predicted octanol–water partition coefficient (Wildman–Crippen LogP) is 4.66. The van der Waals surface area contributed by atoms with Crippen molar-refractivity contribution in [3.05, 3.63) is 35.6 Å². The average molecular weight is 259 g/mol. The van der Waals surface area contributed by atoms with Gasteiger partial charge in [-0.05, 0) is 51.3 Å².